The predicted octanol–water partition coefficient (Wildman–Crippen LogP) is 4.67. The van der Waals surface area contributed by atoms with Crippen LogP contribution in [0.5, 0.6) is 5.75 Å². The van der Waals surface area contributed by atoms with Crippen LogP contribution in [0.1, 0.15) is 5.56 Å². The van der Waals surface area contributed by atoms with Crippen molar-refractivity contribution in [3.05, 3.63) is 52.0 Å². The third-order valence-corrected chi connectivity index (χ3v) is 3.29. The van der Waals surface area contributed by atoms with E-state index in [4.69, 9.17) is 23.2 Å². The molecule has 0 radical (unpaired) electrons. The molecule has 0 saturated heterocycles. The molecule has 0 aliphatic rings. The second kappa shape index (κ2) is 4.36. The van der Waals surface area contributed by atoms with Gasteiger partial charge in [0.05, 0.1) is 10.0 Å². The minimum Gasteiger partial charge on any atom is -0.508 e. The first kappa shape index (κ1) is 11.3. The Hall–Kier alpha value is -1.18. The Morgan fingerprint density at radius 3 is 2.50 bits per heavy atom. The summed E-state index contributed by atoms with van der Waals surface area (Å²) in [5.41, 5.74) is 2.52. The lowest BCUT2D eigenvalue weighted by Crippen LogP contribution is -1.82. The Kier molecular flexibility index (Phi) is 3.08. The van der Waals surface area contributed by atoms with Crippen molar-refractivity contribution < 1.29 is 5.11 Å². The second-order valence-corrected chi connectivity index (χ2v) is 4.39. The van der Waals surface area contributed by atoms with E-state index in [2.05, 4.69) is 0 Å². The molecule has 0 amide bonds. The van der Waals surface area contributed by atoms with Gasteiger partial charge in [0.15, 0.2) is 0 Å². The molecule has 16 heavy (non-hydrogen) atoms. The maximum absolute atomic E-state index is 9.65. The molecule has 2 aromatic carbocycles. The molecule has 1 N–H and O–H groups in total. The highest BCUT2D eigenvalue weighted by Crippen LogP contribution is 2.35. The van der Waals surface area contributed by atoms with Crippen LogP contribution in [0.2, 0.25) is 10.0 Å². The first-order valence-corrected chi connectivity index (χ1v) is 5.59. The minimum absolute atomic E-state index is 0.258. The van der Waals surface area contributed by atoms with Crippen molar-refractivity contribution in [1.82, 2.24) is 0 Å². The molecule has 0 aliphatic heterocycles. The summed E-state index contributed by atoms with van der Waals surface area (Å²) in [7, 11) is 0. The molecule has 1 nitrogen and oxygen atoms in total. The molecular weight excluding hydrogens is 243 g/mol. The highest BCUT2D eigenvalue weighted by atomic mass is 35.5. The monoisotopic (exact) mass is 252 g/mol. The first-order chi connectivity index (χ1) is 7.59. The van der Waals surface area contributed by atoms with E-state index >= 15 is 0 Å². The number of aromatic hydroxyl groups is 1. The van der Waals surface area contributed by atoms with Crippen molar-refractivity contribution in [3.8, 4) is 16.9 Å². The SMILES string of the molecule is Cc1ccc(-c2cccc(Cl)c2Cl)cc1O. The lowest BCUT2D eigenvalue weighted by molar-refractivity contribution is 0.471. The van der Waals surface area contributed by atoms with Gasteiger partial charge in [0.25, 0.3) is 0 Å². The molecule has 0 aromatic heterocycles. The van der Waals surface area contributed by atoms with Gasteiger partial charge in [-0.15, -0.1) is 0 Å². The molecule has 82 valence electrons. The molecular formula is C13H10Cl2O. The highest BCUT2D eigenvalue weighted by Gasteiger charge is 2.07. The fourth-order valence-electron chi connectivity index (χ4n) is 1.50. The maximum Gasteiger partial charge on any atom is 0.119 e. The van der Waals surface area contributed by atoms with Crippen LogP contribution < -0.4 is 0 Å². The topological polar surface area (TPSA) is 20.2 Å². The Morgan fingerprint density at radius 1 is 1.06 bits per heavy atom. The summed E-state index contributed by atoms with van der Waals surface area (Å²) in [5.74, 6) is 0.258. The van der Waals surface area contributed by atoms with Gasteiger partial charge >= 0.3 is 0 Å². The van der Waals surface area contributed by atoms with E-state index in [-0.39, 0.29) is 5.75 Å². The van der Waals surface area contributed by atoms with Gasteiger partial charge in [-0.05, 0) is 30.2 Å². The highest BCUT2D eigenvalue weighted by molar-refractivity contribution is 6.43. The predicted molar refractivity (Wildman–Crippen MR) is 68.3 cm³/mol. The van der Waals surface area contributed by atoms with E-state index in [0.717, 1.165) is 16.7 Å². The van der Waals surface area contributed by atoms with Crippen LogP contribution in [0.25, 0.3) is 11.1 Å². The number of halogens is 2. The van der Waals surface area contributed by atoms with Crippen molar-refractivity contribution in [1.29, 1.82) is 0 Å². The lowest BCUT2D eigenvalue weighted by Gasteiger charge is -2.07. The van der Waals surface area contributed by atoms with Crippen molar-refractivity contribution >= 4 is 23.2 Å². The fourth-order valence-corrected chi connectivity index (χ4v) is 1.91. The molecule has 2 aromatic rings. The van der Waals surface area contributed by atoms with Crippen molar-refractivity contribution in [2.24, 2.45) is 0 Å². The summed E-state index contributed by atoms with van der Waals surface area (Å²) in [6.07, 6.45) is 0. The Bertz CT molecular complexity index is 535. The normalized spacial score (nSPS) is 10.4. The van der Waals surface area contributed by atoms with Crippen LogP contribution in [0.4, 0.5) is 0 Å². The van der Waals surface area contributed by atoms with E-state index < -0.39 is 0 Å². The van der Waals surface area contributed by atoms with Crippen LogP contribution in [-0.4, -0.2) is 5.11 Å². The van der Waals surface area contributed by atoms with Gasteiger partial charge in [0.1, 0.15) is 5.75 Å². The summed E-state index contributed by atoms with van der Waals surface area (Å²) in [6, 6.07) is 10.9. The zero-order chi connectivity index (χ0) is 11.7. The molecule has 0 heterocycles. The van der Waals surface area contributed by atoms with Crippen LogP contribution in [-0.2, 0) is 0 Å². The van der Waals surface area contributed by atoms with E-state index in [1.807, 2.05) is 31.2 Å². The van der Waals surface area contributed by atoms with Gasteiger partial charge in [-0.2, -0.15) is 0 Å². The Labute approximate surface area is 104 Å². The Balaban J connectivity index is 2.59. The van der Waals surface area contributed by atoms with E-state index in [9.17, 15) is 5.11 Å². The van der Waals surface area contributed by atoms with E-state index in [1.54, 1.807) is 12.1 Å². The van der Waals surface area contributed by atoms with Gasteiger partial charge in [-0.1, -0.05) is 47.5 Å². The number of hydrogen-bond donors (Lipinski definition) is 1. The first-order valence-electron chi connectivity index (χ1n) is 4.83. The minimum atomic E-state index is 0.258. The summed E-state index contributed by atoms with van der Waals surface area (Å²) >= 11 is 12.0. The summed E-state index contributed by atoms with van der Waals surface area (Å²) < 4.78 is 0. The molecule has 0 bridgehead atoms. The van der Waals surface area contributed by atoms with Crippen LogP contribution in [0.3, 0.4) is 0 Å². The quantitative estimate of drug-likeness (QED) is 0.782. The molecule has 0 aliphatic carbocycles. The number of phenols is 1. The molecule has 3 heteroatoms. The summed E-state index contributed by atoms with van der Waals surface area (Å²) in [5, 5.41) is 10.7. The zero-order valence-corrected chi connectivity index (χ0v) is 10.2. The fraction of sp³-hybridized carbons (Fsp3) is 0.0769. The van der Waals surface area contributed by atoms with Crippen molar-refractivity contribution in [3.63, 3.8) is 0 Å². The zero-order valence-electron chi connectivity index (χ0n) is 8.67. The summed E-state index contributed by atoms with van der Waals surface area (Å²) in [4.78, 5) is 0. The van der Waals surface area contributed by atoms with Gasteiger partial charge in [-0.3, -0.25) is 0 Å². The van der Waals surface area contributed by atoms with Crippen molar-refractivity contribution in [2.45, 2.75) is 6.92 Å². The van der Waals surface area contributed by atoms with Gasteiger partial charge in [0, 0.05) is 5.56 Å². The van der Waals surface area contributed by atoms with E-state index in [0.29, 0.717) is 10.0 Å². The molecule has 2 rings (SSSR count). The molecule has 0 unspecified atom stereocenters. The average molecular weight is 253 g/mol. The number of benzene rings is 2. The van der Waals surface area contributed by atoms with Crippen LogP contribution in [0, 0.1) is 6.92 Å². The lowest BCUT2D eigenvalue weighted by atomic mass is 10.0. The Morgan fingerprint density at radius 2 is 1.81 bits per heavy atom. The summed E-state index contributed by atoms with van der Waals surface area (Å²) in [6.45, 7) is 1.85. The maximum atomic E-state index is 9.65. The van der Waals surface area contributed by atoms with Gasteiger partial charge in [0.2, 0.25) is 0 Å². The second-order valence-electron chi connectivity index (χ2n) is 3.60. The van der Waals surface area contributed by atoms with E-state index in [1.165, 1.54) is 0 Å². The smallest absolute Gasteiger partial charge is 0.119 e. The van der Waals surface area contributed by atoms with Gasteiger partial charge < -0.3 is 5.11 Å². The van der Waals surface area contributed by atoms with Gasteiger partial charge in [-0.25, -0.2) is 0 Å². The average Bonchev–Trinajstić information content (AvgIpc) is 2.26. The number of rotatable bonds is 1. The number of phenolic OH excluding ortho intramolecular Hbond substituents is 1. The standard InChI is InChI=1S/C13H10Cl2O/c1-8-5-6-9(7-12(8)16)10-3-2-4-11(14)13(10)15/h2-7,16H,1H3. The molecule has 0 fully saturated rings. The molecule has 0 spiro atoms. The van der Waals surface area contributed by atoms with Crippen LogP contribution in [0.15, 0.2) is 36.4 Å². The number of aryl methyl sites for hydroxylation is 1. The largest absolute Gasteiger partial charge is 0.508 e. The van der Waals surface area contributed by atoms with Crippen molar-refractivity contribution in [2.75, 3.05) is 0 Å². The van der Waals surface area contributed by atoms with Crippen LogP contribution >= 0.6 is 23.2 Å². The third-order valence-electron chi connectivity index (χ3n) is 2.47. The molecule has 0 atom stereocenters. The number of hydrogen-bond acceptors (Lipinski definition) is 1. The molecule has 0 saturated carbocycles. The third kappa shape index (κ3) is 2.01.